The number of halogens is 1. The van der Waals surface area contributed by atoms with Crippen LogP contribution in [0.25, 0.3) is 0 Å². The van der Waals surface area contributed by atoms with Crippen molar-refractivity contribution < 1.29 is 48.6 Å². The molecule has 0 amide bonds. The minimum atomic E-state index is -1.95. The van der Waals surface area contributed by atoms with Gasteiger partial charge >= 0.3 is 11.9 Å². The van der Waals surface area contributed by atoms with Gasteiger partial charge in [0.25, 0.3) is 0 Å². The fourth-order valence-corrected chi connectivity index (χ4v) is 8.95. The molecular formula is C46H68ClN3O10. The summed E-state index contributed by atoms with van der Waals surface area (Å²) in [4.78, 5) is 30.1. The summed E-state index contributed by atoms with van der Waals surface area (Å²) < 4.78 is 32.0. The molecule has 2 aromatic carbocycles. The number of aliphatic hydroxyl groups excluding tert-OH is 2. The predicted molar refractivity (Wildman–Crippen MR) is 232 cm³/mol. The predicted octanol–water partition coefficient (Wildman–Crippen LogP) is 6.26. The Morgan fingerprint density at radius 3 is 2.22 bits per heavy atom. The molecule has 2 heterocycles. The number of esters is 2. The van der Waals surface area contributed by atoms with E-state index in [2.05, 4.69) is 5.10 Å². The minimum absolute atomic E-state index is 0.0609. The molecule has 3 N–H and O–H groups in total. The second kappa shape index (κ2) is 21.2. The average Bonchev–Trinajstić information content (AvgIpc) is 3.20. The fraction of sp³-hybridized carbons (Fsp3) is 0.652. The van der Waals surface area contributed by atoms with E-state index in [9.17, 15) is 24.9 Å². The average molecular weight is 859 g/mol. The zero-order valence-corrected chi connectivity index (χ0v) is 38.1. The van der Waals surface area contributed by atoms with Gasteiger partial charge in [-0.3, -0.25) is 9.59 Å². The summed E-state index contributed by atoms with van der Waals surface area (Å²) in [5.41, 5.74) is -0.646. The van der Waals surface area contributed by atoms with Crippen LogP contribution >= 0.6 is 11.6 Å². The van der Waals surface area contributed by atoms with Crippen LogP contribution < -0.4 is 0 Å². The molecule has 0 saturated carbocycles. The van der Waals surface area contributed by atoms with Gasteiger partial charge in [0.05, 0.1) is 42.0 Å². The number of hydrogen-bond donors (Lipinski definition) is 3. The van der Waals surface area contributed by atoms with Gasteiger partial charge in [-0.05, 0) is 97.2 Å². The van der Waals surface area contributed by atoms with Crippen molar-refractivity contribution in [2.75, 3.05) is 21.2 Å². The van der Waals surface area contributed by atoms with Gasteiger partial charge in [-0.2, -0.15) is 10.2 Å². The molecule has 60 heavy (non-hydrogen) atoms. The van der Waals surface area contributed by atoms with Crippen LogP contribution in [-0.2, 0) is 39.7 Å². The van der Waals surface area contributed by atoms with Gasteiger partial charge in [-0.25, -0.2) is 0 Å². The number of hydrogen-bond acceptors (Lipinski definition) is 13. The van der Waals surface area contributed by atoms with Gasteiger partial charge in [-0.15, -0.1) is 0 Å². The lowest BCUT2D eigenvalue weighted by Crippen LogP contribution is -2.60. The number of rotatable bonds is 10. The Morgan fingerprint density at radius 1 is 1.00 bits per heavy atom. The number of nitrogens with zero attached hydrogens (tertiary/aromatic N) is 3. The minimum Gasteiger partial charge on any atom is -0.461 e. The van der Waals surface area contributed by atoms with E-state index in [1.807, 2.05) is 96.1 Å². The molecule has 2 aromatic rings. The summed E-state index contributed by atoms with van der Waals surface area (Å²) >= 11 is 6.15. The molecular weight excluding hydrogens is 790 g/mol. The monoisotopic (exact) mass is 857 g/mol. The molecule has 14 atom stereocenters. The van der Waals surface area contributed by atoms with Crippen molar-refractivity contribution in [2.45, 2.75) is 148 Å². The highest BCUT2D eigenvalue weighted by Crippen LogP contribution is 2.40. The first kappa shape index (κ1) is 49.4. The number of carbonyl (C=O) groups excluding carboxylic acids is 2. The Balaban J connectivity index is 1.92. The van der Waals surface area contributed by atoms with Crippen molar-refractivity contribution >= 4 is 35.0 Å². The summed E-state index contributed by atoms with van der Waals surface area (Å²) in [5, 5.41) is 45.8. The van der Waals surface area contributed by atoms with Crippen molar-refractivity contribution in [3.05, 3.63) is 70.7 Å². The number of likely N-dealkylation sites (N-methyl/N-ethyl adjacent to an activating group) is 1. The zero-order chi connectivity index (χ0) is 44.7. The molecule has 2 aliphatic heterocycles. The largest absolute Gasteiger partial charge is 0.461 e. The highest BCUT2D eigenvalue weighted by atomic mass is 35.5. The summed E-state index contributed by atoms with van der Waals surface area (Å²) in [7, 11) is 5.32. The Hall–Kier alpha value is -3.27. The van der Waals surface area contributed by atoms with E-state index < -0.39 is 83.6 Å². The third-order valence-electron chi connectivity index (χ3n) is 12.6. The summed E-state index contributed by atoms with van der Waals surface area (Å²) in [6.45, 7) is 15.9. The van der Waals surface area contributed by atoms with Crippen molar-refractivity contribution in [1.82, 2.24) is 4.90 Å². The van der Waals surface area contributed by atoms with E-state index in [1.165, 1.54) is 6.92 Å². The van der Waals surface area contributed by atoms with E-state index in [0.717, 1.165) is 11.1 Å². The number of ether oxygens (including phenoxy) is 5. The topological polar surface area (TPSA) is 169 Å². The molecule has 14 unspecified atom stereocenters. The lowest BCUT2D eigenvalue weighted by Gasteiger charge is -2.48. The van der Waals surface area contributed by atoms with E-state index in [0.29, 0.717) is 22.9 Å². The van der Waals surface area contributed by atoms with Crippen LogP contribution in [0.5, 0.6) is 0 Å². The molecule has 2 fully saturated rings. The number of cyclic esters (lactones) is 1. The second-order valence-corrected chi connectivity index (χ2v) is 18.0. The SMILES string of the molecule is CCC1OC(=O)C(C)C(OC(=O)Cc2ccccc2)C(C)C(OC2OC(C)CC(N(C)C)C2O)C(C)(OC)CC(C)C(=NN=C(C)c2ccc(Cl)cc2)C(C)C(O)C1(C)O. The summed E-state index contributed by atoms with van der Waals surface area (Å²) in [6, 6.07) is 16.0. The highest BCUT2D eigenvalue weighted by Gasteiger charge is 2.52. The Labute approximate surface area is 361 Å². The zero-order valence-electron chi connectivity index (χ0n) is 37.4. The van der Waals surface area contributed by atoms with Gasteiger partial charge in [-0.1, -0.05) is 81.8 Å². The molecule has 0 bridgehead atoms. The molecule has 13 nitrogen and oxygen atoms in total. The first-order valence-electron chi connectivity index (χ1n) is 21.1. The van der Waals surface area contributed by atoms with Crippen molar-refractivity contribution in [2.24, 2.45) is 33.9 Å². The lowest BCUT2D eigenvalue weighted by atomic mass is 9.73. The van der Waals surface area contributed by atoms with Crippen LogP contribution in [0, 0.1) is 23.7 Å². The number of benzene rings is 2. The fourth-order valence-electron chi connectivity index (χ4n) is 8.82. The van der Waals surface area contributed by atoms with E-state index in [-0.39, 0.29) is 31.4 Å². The lowest BCUT2D eigenvalue weighted by molar-refractivity contribution is -0.301. The normalized spacial score (nSPS) is 37.0. The van der Waals surface area contributed by atoms with Crippen molar-refractivity contribution in [3.8, 4) is 0 Å². The first-order chi connectivity index (χ1) is 28.1. The van der Waals surface area contributed by atoms with Gasteiger partial charge in [0.2, 0.25) is 0 Å². The first-order valence-corrected chi connectivity index (χ1v) is 21.5. The van der Waals surface area contributed by atoms with Gasteiger partial charge in [0, 0.05) is 35.7 Å². The smallest absolute Gasteiger partial charge is 0.312 e. The maximum Gasteiger partial charge on any atom is 0.312 e. The molecule has 0 radical (unpaired) electrons. The van der Waals surface area contributed by atoms with E-state index in [4.69, 9.17) is 40.4 Å². The molecule has 0 aromatic heterocycles. The second-order valence-electron chi connectivity index (χ2n) is 17.5. The van der Waals surface area contributed by atoms with Crippen LogP contribution in [-0.4, -0.2) is 125 Å². The molecule has 0 aliphatic carbocycles. The molecule has 2 aliphatic rings. The summed E-state index contributed by atoms with van der Waals surface area (Å²) in [5.74, 6) is -4.48. The molecule has 334 valence electrons. The third-order valence-corrected chi connectivity index (χ3v) is 12.8. The van der Waals surface area contributed by atoms with E-state index >= 15 is 0 Å². The van der Waals surface area contributed by atoms with Gasteiger partial charge < -0.3 is 43.9 Å². The van der Waals surface area contributed by atoms with Crippen molar-refractivity contribution in [3.63, 3.8) is 0 Å². The third kappa shape index (κ3) is 11.8. The van der Waals surface area contributed by atoms with Crippen LogP contribution in [0.15, 0.2) is 64.8 Å². The molecule has 2 saturated heterocycles. The van der Waals surface area contributed by atoms with Crippen LogP contribution in [0.2, 0.25) is 5.02 Å². The molecule has 4 rings (SSSR count). The Bertz CT molecular complexity index is 1770. The maximum absolute atomic E-state index is 14.3. The summed E-state index contributed by atoms with van der Waals surface area (Å²) in [6.07, 6.45) is -6.37. The number of methoxy groups -OCH3 is 1. The van der Waals surface area contributed by atoms with Crippen molar-refractivity contribution in [1.29, 1.82) is 0 Å². The van der Waals surface area contributed by atoms with Crippen LogP contribution in [0.4, 0.5) is 0 Å². The Kier molecular flexibility index (Phi) is 17.5. The number of aliphatic hydroxyl groups is 3. The highest BCUT2D eigenvalue weighted by molar-refractivity contribution is 6.30. The van der Waals surface area contributed by atoms with Gasteiger partial charge in [0.1, 0.15) is 23.9 Å². The van der Waals surface area contributed by atoms with E-state index in [1.54, 1.807) is 40.0 Å². The molecule has 0 spiro atoms. The Morgan fingerprint density at radius 2 is 1.63 bits per heavy atom. The standard InChI is InChI=1S/C46H68ClN3O10/c1-13-36-46(9,55)41(53)28(4)38(49-48-31(7)33-19-21-34(47)22-20-33)26(2)25-45(8,56-12)42(60-44-39(52)35(50(10)11)23-27(3)57-44)29(5)40(30(6)43(54)58-36)59-37(51)24-32-17-15-14-16-18-32/h14-22,26-30,35-36,39-42,44,52-53,55H,13,23-25H2,1-12H3. The quantitative estimate of drug-likeness (QED) is 0.140. The number of carbonyl (C=O) groups is 2. The van der Waals surface area contributed by atoms with Crippen LogP contribution in [0.1, 0.15) is 92.7 Å². The maximum atomic E-state index is 14.3. The van der Waals surface area contributed by atoms with Gasteiger partial charge in [0.15, 0.2) is 6.29 Å². The molecule has 14 heteroatoms. The van der Waals surface area contributed by atoms with Crippen LogP contribution in [0.3, 0.4) is 0 Å².